The van der Waals surface area contributed by atoms with Gasteiger partial charge in [0.05, 0.1) is 19.3 Å². The van der Waals surface area contributed by atoms with E-state index in [9.17, 15) is 29.0 Å². The molecule has 0 spiro atoms. The molecule has 5 rings (SSSR count). The summed E-state index contributed by atoms with van der Waals surface area (Å²) < 4.78 is 39.1. The highest BCUT2D eigenvalue weighted by molar-refractivity contribution is 7.93. The van der Waals surface area contributed by atoms with E-state index in [2.05, 4.69) is 45.3 Å². The molecule has 2 aliphatic heterocycles. The number of nitrogens with zero attached hydrogens (tertiary/aromatic N) is 2. The first kappa shape index (κ1) is 32.5. The van der Waals surface area contributed by atoms with E-state index < -0.39 is 52.0 Å². The first-order chi connectivity index (χ1) is 21.1. The van der Waals surface area contributed by atoms with Gasteiger partial charge in [-0.05, 0) is 59.2 Å². The molecule has 2 aromatic carbocycles. The number of nitrogens with one attached hydrogen (secondary N) is 2. The molecule has 3 aromatic rings. The van der Waals surface area contributed by atoms with E-state index in [0.717, 1.165) is 66.3 Å². The maximum Gasteiger partial charge on any atom is 0.251 e. The minimum Gasteiger partial charge on any atom is -0.390 e. The summed E-state index contributed by atoms with van der Waals surface area (Å²) in [4.78, 5) is 3.47. The van der Waals surface area contributed by atoms with Gasteiger partial charge in [0.1, 0.15) is 18.3 Å². The lowest BCUT2D eigenvalue weighted by atomic mass is 9.92. The normalized spacial score (nSPS) is 25.4. The fraction of sp³-hybridized carbons (Fsp3) is 0.452. The predicted molar refractivity (Wildman–Crippen MR) is 170 cm³/mol. The number of hydrogen-bond acceptors (Lipinski definition) is 11. The Labute approximate surface area is 261 Å². The van der Waals surface area contributed by atoms with E-state index in [-0.39, 0.29) is 5.57 Å². The van der Waals surface area contributed by atoms with Crippen LogP contribution in [0.15, 0.2) is 53.4 Å². The van der Waals surface area contributed by atoms with Gasteiger partial charge in [0.25, 0.3) is 10.0 Å². The summed E-state index contributed by atoms with van der Waals surface area (Å²) in [6, 6.07) is 17.9. The van der Waals surface area contributed by atoms with Crippen molar-refractivity contribution in [2.45, 2.75) is 38.4 Å². The Balaban J connectivity index is 1.26. The van der Waals surface area contributed by atoms with Crippen LogP contribution in [0.4, 0.5) is 5.69 Å². The quantitative estimate of drug-likeness (QED) is 0.208. The standard InChI is InChI=1S/C31H38N4O7S2/c1-19(28(17-32)44(39,40)34-18-25-30(37)29(36)20(2)31(38)42-25)26-7-8-27(43-26)23-4-3-22-16-24(6-5-21(22)15-23)33-9-10-35-11-13-41-14-12-35/h3-8,15-16,20,25,29-31,33-34,36-38H,9-14,18H2,1-2H3/b28-19+/t20-,25?,29-,30-,31?/m1/s1. The number of anilines is 1. The topological polar surface area (TPSA) is 164 Å². The first-order valence-corrected chi connectivity index (χ1v) is 16.9. The van der Waals surface area contributed by atoms with Crippen molar-refractivity contribution in [2.75, 3.05) is 51.3 Å². The van der Waals surface area contributed by atoms with E-state index in [1.165, 1.54) is 18.3 Å². The number of thiophene rings is 1. The van der Waals surface area contributed by atoms with Gasteiger partial charge in [-0.25, -0.2) is 13.1 Å². The highest BCUT2D eigenvalue weighted by Gasteiger charge is 2.42. The Morgan fingerprint density at radius 1 is 1.07 bits per heavy atom. The number of nitriles is 1. The summed E-state index contributed by atoms with van der Waals surface area (Å²) in [5, 5.41) is 45.8. The van der Waals surface area contributed by atoms with Gasteiger partial charge in [0.15, 0.2) is 11.2 Å². The summed E-state index contributed by atoms with van der Waals surface area (Å²) in [5.74, 6) is -0.740. The van der Waals surface area contributed by atoms with Crippen LogP contribution in [0.2, 0.25) is 0 Å². The van der Waals surface area contributed by atoms with Crippen LogP contribution < -0.4 is 10.0 Å². The molecule has 2 aliphatic rings. The molecule has 3 heterocycles. The monoisotopic (exact) mass is 642 g/mol. The van der Waals surface area contributed by atoms with Gasteiger partial charge >= 0.3 is 0 Å². The molecule has 0 aliphatic carbocycles. The molecule has 2 unspecified atom stereocenters. The smallest absolute Gasteiger partial charge is 0.251 e. The van der Waals surface area contributed by atoms with Crippen molar-refractivity contribution in [3.05, 3.63) is 58.3 Å². The Hall–Kier alpha value is -2.90. The van der Waals surface area contributed by atoms with E-state index in [4.69, 9.17) is 9.47 Å². The van der Waals surface area contributed by atoms with Crippen molar-refractivity contribution in [1.82, 2.24) is 9.62 Å². The Bertz CT molecular complexity index is 1650. The molecule has 0 bridgehead atoms. The van der Waals surface area contributed by atoms with Gasteiger partial charge < -0.3 is 30.1 Å². The van der Waals surface area contributed by atoms with E-state index in [1.54, 1.807) is 19.1 Å². The number of morpholine rings is 1. The van der Waals surface area contributed by atoms with Crippen LogP contribution in [0.5, 0.6) is 0 Å². The van der Waals surface area contributed by atoms with Crippen molar-refractivity contribution < 1.29 is 33.2 Å². The van der Waals surface area contributed by atoms with Crippen molar-refractivity contribution in [1.29, 1.82) is 5.26 Å². The molecule has 5 atom stereocenters. The number of hydrogen-bond donors (Lipinski definition) is 5. The summed E-state index contributed by atoms with van der Waals surface area (Å²) in [7, 11) is -4.29. The lowest BCUT2D eigenvalue weighted by molar-refractivity contribution is -0.257. The maximum atomic E-state index is 13.1. The van der Waals surface area contributed by atoms with Gasteiger partial charge in [-0.2, -0.15) is 5.26 Å². The molecule has 0 amide bonds. The zero-order chi connectivity index (χ0) is 31.4. The molecule has 0 radical (unpaired) electrons. The van der Waals surface area contributed by atoms with Crippen LogP contribution in [-0.2, 0) is 19.5 Å². The molecule has 13 heteroatoms. The molecule has 11 nitrogen and oxygen atoms in total. The summed E-state index contributed by atoms with van der Waals surface area (Å²) in [5.41, 5.74) is 2.32. The van der Waals surface area contributed by atoms with Crippen LogP contribution in [0.25, 0.3) is 26.8 Å². The van der Waals surface area contributed by atoms with Gasteiger partial charge in [-0.1, -0.05) is 25.1 Å². The van der Waals surface area contributed by atoms with Crippen molar-refractivity contribution >= 4 is 43.4 Å². The third kappa shape index (κ3) is 7.31. The van der Waals surface area contributed by atoms with Gasteiger partial charge in [0.2, 0.25) is 0 Å². The molecule has 1 aromatic heterocycles. The average molecular weight is 643 g/mol. The summed E-state index contributed by atoms with van der Waals surface area (Å²) in [6.07, 6.45) is -5.24. The predicted octanol–water partition coefficient (Wildman–Crippen LogP) is 2.56. The van der Waals surface area contributed by atoms with Crippen LogP contribution in [0.1, 0.15) is 18.7 Å². The van der Waals surface area contributed by atoms with Gasteiger partial charge in [-0.15, -0.1) is 11.3 Å². The number of ether oxygens (including phenoxy) is 2. The largest absolute Gasteiger partial charge is 0.390 e. The fourth-order valence-corrected chi connectivity index (χ4v) is 7.59. The van der Waals surface area contributed by atoms with E-state index in [1.807, 2.05) is 12.1 Å². The van der Waals surface area contributed by atoms with Gasteiger partial charge in [0, 0.05) is 54.1 Å². The number of sulfonamides is 1. The number of aliphatic hydroxyl groups is 3. The lowest BCUT2D eigenvalue weighted by Crippen LogP contribution is -2.56. The molecule has 2 fully saturated rings. The van der Waals surface area contributed by atoms with Gasteiger partial charge in [-0.3, -0.25) is 4.90 Å². The summed E-state index contributed by atoms with van der Waals surface area (Å²) in [6.45, 7) is 7.97. The fourth-order valence-electron chi connectivity index (χ4n) is 5.36. The second-order valence-electron chi connectivity index (χ2n) is 11.1. The third-order valence-corrected chi connectivity index (χ3v) is 10.9. The maximum absolute atomic E-state index is 13.1. The number of aliphatic hydroxyl groups excluding tert-OH is 3. The van der Waals surface area contributed by atoms with Crippen molar-refractivity contribution in [2.24, 2.45) is 5.92 Å². The van der Waals surface area contributed by atoms with E-state index >= 15 is 0 Å². The SMILES string of the molecule is C/C(=C(/C#N)S(=O)(=O)NCC1OC(O)[C@H](C)[C@@H](O)[C@@H]1O)c1ccc(-c2ccc3cc(NCCN4CCOCC4)ccc3c2)s1. The van der Waals surface area contributed by atoms with Crippen LogP contribution in [0, 0.1) is 17.2 Å². The lowest BCUT2D eigenvalue weighted by Gasteiger charge is -2.39. The molecule has 5 N–H and O–H groups in total. The second kappa shape index (κ2) is 14.0. The zero-order valence-corrected chi connectivity index (χ0v) is 26.3. The molecule has 236 valence electrons. The Morgan fingerprint density at radius 2 is 1.80 bits per heavy atom. The Morgan fingerprint density at radius 3 is 2.55 bits per heavy atom. The van der Waals surface area contributed by atoms with Crippen LogP contribution >= 0.6 is 11.3 Å². The first-order valence-electron chi connectivity index (χ1n) is 14.6. The highest BCUT2D eigenvalue weighted by Crippen LogP contribution is 2.35. The van der Waals surface area contributed by atoms with Crippen LogP contribution in [0.3, 0.4) is 0 Å². The molecule has 2 saturated heterocycles. The number of rotatable bonds is 10. The number of allylic oxidation sites excluding steroid dienone is 2. The highest BCUT2D eigenvalue weighted by atomic mass is 32.2. The molecule has 0 saturated carbocycles. The number of benzene rings is 2. The van der Waals surface area contributed by atoms with Crippen molar-refractivity contribution in [3.8, 4) is 16.5 Å². The average Bonchev–Trinajstić information content (AvgIpc) is 3.52. The third-order valence-electron chi connectivity index (χ3n) is 8.18. The van der Waals surface area contributed by atoms with E-state index in [0.29, 0.717) is 4.88 Å². The van der Waals surface area contributed by atoms with Crippen molar-refractivity contribution in [3.63, 3.8) is 0 Å². The Kier molecular flexibility index (Phi) is 10.4. The molecular weight excluding hydrogens is 604 g/mol. The molecular formula is C31H38N4O7S2. The number of fused-ring (bicyclic) bond motifs is 1. The second-order valence-corrected chi connectivity index (χ2v) is 13.9. The minimum atomic E-state index is -4.29. The summed E-state index contributed by atoms with van der Waals surface area (Å²) >= 11 is 1.38. The van der Waals surface area contributed by atoms with Crippen LogP contribution in [-0.4, -0.2) is 99.2 Å². The molecule has 44 heavy (non-hydrogen) atoms. The zero-order valence-electron chi connectivity index (χ0n) is 24.6. The minimum absolute atomic E-state index is 0.281.